The summed E-state index contributed by atoms with van der Waals surface area (Å²) in [7, 11) is 0. The SMILES string of the molecule is CCN(CC(C)(C)O)C(=O)C1CCOC1C. The fourth-order valence-corrected chi connectivity index (χ4v) is 2.10. The molecule has 0 aliphatic carbocycles. The molecule has 1 saturated heterocycles. The van der Waals surface area contributed by atoms with E-state index >= 15 is 0 Å². The van der Waals surface area contributed by atoms with Crippen molar-refractivity contribution >= 4 is 5.91 Å². The number of aliphatic hydroxyl groups is 1. The van der Waals surface area contributed by atoms with Gasteiger partial charge in [0.25, 0.3) is 0 Å². The summed E-state index contributed by atoms with van der Waals surface area (Å²) in [5, 5.41) is 9.75. The smallest absolute Gasteiger partial charge is 0.228 e. The maximum atomic E-state index is 12.2. The van der Waals surface area contributed by atoms with E-state index in [2.05, 4.69) is 0 Å². The number of carbonyl (C=O) groups excluding carboxylic acids is 1. The number of rotatable bonds is 4. The summed E-state index contributed by atoms with van der Waals surface area (Å²) in [5.41, 5.74) is -0.839. The lowest BCUT2D eigenvalue weighted by Crippen LogP contribution is -2.45. The molecule has 0 aromatic heterocycles. The Morgan fingerprint density at radius 3 is 2.56 bits per heavy atom. The fraction of sp³-hybridized carbons (Fsp3) is 0.917. The minimum Gasteiger partial charge on any atom is -0.389 e. The molecule has 0 bridgehead atoms. The van der Waals surface area contributed by atoms with Gasteiger partial charge in [0, 0.05) is 19.7 Å². The number of hydrogen-bond donors (Lipinski definition) is 1. The Kier molecular flexibility index (Phi) is 4.33. The Hall–Kier alpha value is -0.610. The molecule has 1 rings (SSSR count). The Bertz CT molecular complexity index is 247. The number of likely N-dealkylation sites (N-methyl/N-ethyl adjacent to an activating group) is 1. The van der Waals surface area contributed by atoms with E-state index in [-0.39, 0.29) is 17.9 Å². The zero-order valence-corrected chi connectivity index (χ0v) is 10.7. The van der Waals surface area contributed by atoms with Crippen LogP contribution in [0, 0.1) is 5.92 Å². The molecule has 1 amide bonds. The Labute approximate surface area is 97.6 Å². The molecule has 0 aromatic rings. The molecule has 4 heteroatoms. The lowest BCUT2D eigenvalue weighted by Gasteiger charge is -2.30. The Morgan fingerprint density at radius 2 is 2.19 bits per heavy atom. The van der Waals surface area contributed by atoms with Gasteiger partial charge < -0.3 is 14.7 Å². The van der Waals surface area contributed by atoms with E-state index in [1.54, 1.807) is 18.7 Å². The highest BCUT2D eigenvalue weighted by molar-refractivity contribution is 5.79. The van der Waals surface area contributed by atoms with Gasteiger partial charge in [-0.05, 0) is 34.1 Å². The number of nitrogens with zero attached hydrogens (tertiary/aromatic N) is 1. The summed E-state index contributed by atoms with van der Waals surface area (Å²) in [5.74, 6) is 0.0666. The topological polar surface area (TPSA) is 49.8 Å². The first-order valence-electron chi connectivity index (χ1n) is 5.98. The maximum Gasteiger partial charge on any atom is 0.228 e. The summed E-state index contributed by atoms with van der Waals surface area (Å²) < 4.78 is 5.40. The van der Waals surface area contributed by atoms with Gasteiger partial charge >= 0.3 is 0 Å². The van der Waals surface area contributed by atoms with Crippen LogP contribution in [0.4, 0.5) is 0 Å². The van der Waals surface area contributed by atoms with Gasteiger partial charge in [0.2, 0.25) is 5.91 Å². The molecule has 1 N–H and O–H groups in total. The predicted molar refractivity (Wildman–Crippen MR) is 62.1 cm³/mol. The Morgan fingerprint density at radius 1 is 1.56 bits per heavy atom. The summed E-state index contributed by atoms with van der Waals surface area (Å²) in [4.78, 5) is 13.9. The van der Waals surface area contributed by atoms with Crippen molar-refractivity contribution in [3.63, 3.8) is 0 Å². The average molecular weight is 229 g/mol. The van der Waals surface area contributed by atoms with Crippen molar-refractivity contribution in [2.75, 3.05) is 19.7 Å². The zero-order valence-electron chi connectivity index (χ0n) is 10.7. The average Bonchev–Trinajstić information content (AvgIpc) is 2.58. The number of hydrogen-bond acceptors (Lipinski definition) is 3. The van der Waals surface area contributed by atoms with Crippen molar-refractivity contribution in [1.82, 2.24) is 4.90 Å². The molecule has 16 heavy (non-hydrogen) atoms. The Balaban J connectivity index is 2.62. The first kappa shape index (κ1) is 13.5. The van der Waals surface area contributed by atoms with Gasteiger partial charge in [-0.2, -0.15) is 0 Å². The van der Waals surface area contributed by atoms with Crippen molar-refractivity contribution < 1.29 is 14.6 Å². The largest absolute Gasteiger partial charge is 0.389 e. The van der Waals surface area contributed by atoms with Crippen LogP contribution < -0.4 is 0 Å². The molecule has 0 aromatic carbocycles. The second-order valence-corrected chi connectivity index (χ2v) is 5.14. The third-order valence-electron chi connectivity index (χ3n) is 2.96. The lowest BCUT2D eigenvalue weighted by atomic mass is 10.00. The molecule has 2 unspecified atom stereocenters. The lowest BCUT2D eigenvalue weighted by molar-refractivity contribution is -0.139. The summed E-state index contributed by atoms with van der Waals surface area (Å²) in [6, 6.07) is 0. The van der Waals surface area contributed by atoms with E-state index in [0.717, 1.165) is 6.42 Å². The monoisotopic (exact) mass is 229 g/mol. The first-order chi connectivity index (χ1) is 7.35. The molecule has 1 aliphatic rings. The van der Waals surface area contributed by atoms with Crippen LogP contribution >= 0.6 is 0 Å². The molecule has 0 radical (unpaired) electrons. The highest BCUT2D eigenvalue weighted by Crippen LogP contribution is 2.23. The van der Waals surface area contributed by atoms with Gasteiger partial charge in [0.15, 0.2) is 0 Å². The maximum absolute atomic E-state index is 12.2. The van der Waals surface area contributed by atoms with Crippen molar-refractivity contribution in [2.24, 2.45) is 5.92 Å². The van der Waals surface area contributed by atoms with E-state index in [1.165, 1.54) is 0 Å². The standard InChI is InChI=1S/C12H23NO3/c1-5-13(8-12(3,4)15)11(14)10-6-7-16-9(10)2/h9-10,15H,5-8H2,1-4H3. The van der Waals surface area contributed by atoms with Crippen LogP contribution in [0.1, 0.15) is 34.1 Å². The van der Waals surface area contributed by atoms with E-state index < -0.39 is 5.60 Å². The number of amides is 1. The second-order valence-electron chi connectivity index (χ2n) is 5.14. The third kappa shape index (κ3) is 3.46. The summed E-state index contributed by atoms with van der Waals surface area (Å²) in [6.07, 6.45) is 0.797. The molecule has 4 nitrogen and oxygen atoms in total. The number of carbonyl (C=O) groups is 1. The van der Waals surface area contributed by atoms with Crippen LogP contribution in [0.5, 0.6) is 0 Å². The van der Waals surface area contributed by atoms with Crippen LogP contribution in [-0.2, 0) is 9.53 Å². The molecule has 1 heterocycles. The van der Waals surface area contributed by atoms with E-state index in [0.29, 0.717) is 19.7 Å². The highest BCUT2D eigenvalue weighted by Gasteiger charge is 2.34. The van der Waals surface area contributed by atoms with Crippen LogP contribution in [0.2, 0.25) is 0 Å². The van der Waals surface area contributed by atoms with Crippen molar-refractivity contribution in [2.45, 2.75) is 45.8 Å². The molecule has 1 fully saturated rings. The minimum absolute atomic E-state index is 0.00311. The molecule has 2 atom stereocenters. The van der Waals surface area contributed by atoms with Gasteiger partial charge in [-0.25, -0.2) is 0 Å². The fourth-order valence-electron chi connectivity index (χ4n) is 2.10. The van der Waals surface area contributed by atoms with Crippen LogP contribution in [-0.4, -0.2) is 47.3 Å². The van der Waals surface area contributed by atoms with Gasteiger partial charge in [-0.3, -0.25) is 4.79 Å². The van der Waals surface area contributed by atoms with Crippen molar-refractivity contribution in [3.8, 4) is 0 Å². The van der Waals surface area contributed by atoms with Crippen molar-refractivity contribution in [3.05, 3.63) is 0 Å². The minimum atomic E-state index is -0.839. The van der Waals surface area contributed by atoms with Gasteiger partial charge in [-0.1, -0.05) is 0 Å². The van der Waals surface area contributed by atoms with Gasteiger partial charge in [-0.15, -0.1) is 0 Å². The van der Waals surface area contributed by atoms with E-state index in [4.69, 9.17) is 4.74 Å². The van der Waals surface area contributed by atoms with Crippen LogP contribution in [0.3, 0.4) is 0 Å². The van der Waals surface area contributed by atoms with Gasteiger partial charge in [0.1, 0.15) is 0 Å². The third-order valence-corrected chi connectivity index (χ3v) is 2.96. The quantitative estimate of drug-likeness (QED) is 0.783. The molecule has 0 saturated carbocycles. The molecule has 94 valence electrons. The van der Waals surface area contributed by atoms with E-state index in [1.807, 2.05) is 13.8 Å². The van der Waals surface area contributed by atoms with Crippen LogP contribution in [0.15, 0.2) is 0 Å². The number of ether oxygens (including phenoxy) is 1. The first-order valence-corrected chi connectivity index (χ1v) is 5.98. The van der Waals surface area contributed by atoms with E-state index in [9.17, 15) is 9.90 Å². The molecular formula is C12H23NO3. The van der Waals surface area contributed by atoms with Crippen LogP contribution in [0.25, 0.3) is 0 Å². The molecule has 0 spiro atoms. The second kappa shape index (κ2) is 5.15. The highest BCUT2D eigenvalue weighted by atomic mass is 16.5. The predicted octanol–water partition coefficient (Wildman–Crippen LogP) is 1.03. The van der Waals surface area contributed by atoms with Crippen molar-refractivity contribution in [1.29, 1.82) is 0 Å². The normalized spacial score (nSPS) is 25.8. The molecule has 1 aliphatic heterocycles. The zero-order chi connectivity index (χ0) is 12.3. The molecular weight excluding hydrogens is 206 g/mol. The van der Waals surface area contributed by atoms with Gasteiger partial charge in [0.05, 0.1) is 17.6 Å². The summed E-state index contributed by atoms with van der Waals surface area (Å²) >= 11 is 0. The summed E-state index contributed by atoms with van der Waals surface area (Å²) in [6.45, 7) is 8.99.